The van der Waals surface area contributed by atoms with Gasteiger partial charge in [-0.2, -0.15) is 5.26 Å². The Morgan fingerprint density at radius 1 is 1.17 bits per heavy atom. The second-order valence-electron chi connectivity index (χ2n) is 5.00. The molecule has 0 saturated carbocycles. The zero-order valence-electron chi connectivity index (χ0n) is 12.9. The highest BCUT2D eigenvalue weighted by Gasteiger charge is 2.11. The summed E-state index contributed by atoms with van der Waals surface area (Å²) in [5, 5.41) is 23.8. The molecule has 7 heteroatoms. The average Bonchev–Trinajstić information content (AvgIpc) is 2.73. The summed E-state index contributed by atoms with van der Waals surface area (Å²) in [5.41, 5.74) is 1.44. The van der Waals surface area contributed by atoms with Crippen molar-refractivity contribution in [3.63, 3.8) is 0 Å². The minimum Gasteiger partial charge on any atom is -0.473 e. The van der Waals surface area contributed by atoms with Gasteiger partial charge in [-0.05, 0) is 25.0 Å². The summed E-state index contributed by atoms with van der Waals surface area (Å²) in [6.45, 7) is 1.06. The van der Waals surface area contributed by atoms with Gasteiger partial charge in [-0.15, -0.1) is 0 Å². The van der Waals surface area contributed by atoms with E-state index in [0.717, 1.165) is 24.5 Å². The molecule has 0 aromatic heterocycles. The summed E-state index contributed by atoms with van der Waals surface area (Å²) >= 11 is 0. The predicted octanol–water partition coefficient (Wildman–Crippen LogP) is 2.25. The summed E-state index contributed by atoms with van der Waals surface area (Å²) in [6.07, 6.45) is 4.70. The number of para-hydroxylation sites is 1. The van der Waals surface area contributed by atoms with Crippen LogP contribution in [-0.2, 0) is 9.59 Å². The van der Waals surface area contributed by atoms with Crippen molar-refractivity contribution in [1.82, 2.24) is 4.90 Å². The van der Waals surface area contributed by atoms with Crippen molar-refractivity contribution in [2.75, 3.05) is 13.6 Å². The topological polar surface area (TPSA) is 114 Å². The van der Waals surface area contributed by atoms with E-state index in [0.29, 0.717) is 5.56 Å². The van der Waals surface area contributed by atoms with E-state index in [9.17, 15) is 0 Å². The van der Waals surface area contributed by atoms with Crippen LogP contribution in [0.15, 0.2) is 29.3 Å². The Morgan fingerprint density at radius 2 is 1.83 bits per heavy atom. The van der Waals surface area contributed by atoms with Gasteiger partial charge in [0.2, 0.25) is 0 Å². The number of aliphatic imine (C=N–C) groups is 1. The largest absolute Gasteiger partial charge is 0.473 e. The predicted molar refractivity (Wildman–Crippen MR) is 84.6 cm³/mol. The summed E-state index contributed by atoms with van der Waals surface area (Å²) in [7, 11) is 2.08. The standard InChI is InChI=1S/C14H17N3.C2H2O4/c1-17-10-6-2-3-9-14(17)16-13-8-5-4-7-12(13)11-15;3-1(4)2(5)6/h4-5,7-8H,2-3,6,9-10H2,1H3;(H,3,4)(H,5,6). The van der Waals surface area contributed by atoms with Crippen LogP contribution in [0.3, 0.4) is 0 Å². The molecule has 23 heavy (non-hydrogen) atoms. The van der Waals surface area contributed by atoms with Crippen LogP contribution in [0.25, 0.3) is 0 Å². The number of benzene rings is 1. The van der Waals surface area contributed by atoms with Crippen molar-refractivity contribution >= 4 is 23.5 Å². The van der Waals surface area contributed by atoms with Crippen molar-refractivity contribution < 1.29 is 19.8 Å². The van der Waals surface area contributed by atoms with Gasteiger partial charge in [0, 0.05) is 20.0 Å². The summed E-state index contributed by atoms with van der Waals surface area (Å²) < 4.78 is 0. The van der Waals surface area contributed by atoms with Crippen LogP contribution in [0, 0.1) is 11.3 Å². The maximum absolute atomic E-state index is 9.10. The van der Waals surface area contributed by atoms with Gasteiger partial charge in [-0.3, -0.25) is 0 Å². The van der Waals surface area contributed by atoms with E-state index in [4.69, 9.17) is 25.1 Å². The highest BCUT2D eigenvalue weighted by atomic mass is 16.4. The average molecular weight is 317 g/mol. The molecule has 1 aromatic carbocycles. The molecule has 0 aliphatic carbocycles. The normalized spacial score (nSPS) is 15.8. The highest BCUT2D eigenvalue weighted by Crippen LogP contribution is 2.20. The molecule has 2 rings (SSSR count). The number of carboxylic acids is 2. The summed E-state index contributed by atoms with van der Waals surface area (Å²) in [4.78, 5) is 25.1. The monoisotopic (exact) mass is 317 g/mol. The molecule has 122 valence electrons. The van der Waals surface area contributed by atoms with E-state index < -0.39 is 11.9 Å². The van der Waals surface area contributed by atoms with E-state index in [1.165, 1.54) is 19.3 Å². The molecule has 0 atom stereocenters. The van der Waals surface area contributed by atoms with Gasteiger partial charge in [0.05, 0.1) is 11.3 Å². The van der Waals surface area contributed by atoms with Crippen LogP contribution in [0.4, 0.5) is 5.69 Å². The first-order valence-electron chi connectivity index (χ1n) is 7.19. The second kappa shape index (κ2) is 9.20. The molecule has 1 aliphatic rings. The minimum absolute atomic E-state index is 0.651. The molecule has 1 fully saturated rings. The van der Waals surface area contributed by atoms with Crippen molar-refractivity contribution in [1.29, 1.82) is 5.26 Å². The number of amidine groups is 1. The Hall–Kier alpha value is -2.88. The van der Waals surface area contributed by atoms with Crippen LogP contribution in [0.1, 0.15) is 31.2 Å². The molecule has 0 amide bonds. The third kappa shape index (κ3) is 6.18. The first kappa shape index (κ1) is 18.2. The maximum Gasteiger partial charge on any atom is 0.414 e. The van der Waals surface area contributed by atoms with E-state index in [-0.39, 0.29) is 0 Å². The molecule has 7 nitrogen and oxygen atoms in total. The lowest BCUT2D eigenvalue weighted by Crippen LogP contribution is -2.25. The number of carboxylic acid groups (broad SMARTS) is 2. The van der Waals surface area contributed by atoms with Gasteiger partial charge in [-0.25, -0.2) is 14.6 Å². The summed E-state index contributed by atoms with van der Waals surface area (Å²) in [6, 6.07) is 9.71. The third-order valence-corrected chi connectivity index (χ3v) is 3.29. The smallest absolute Gasteiger partial charge is 0.414 e. The lowest BCUT2D eigenvalue weighted by molar-refractivity contribution is -0.159. The number of nitrogens with zero attached hydrogens (tertiary/aromatic N) is 3. The van der Waals surface area contributed by atoms with Crippen LogP contribution in [-0.4, -0.2) is 46.5 Å². The van der Waals surface area contributed by atoms with E-state index >= 15 is 0 Å². The number of likely N-dealkylation sites (tertiary alicyclic amines) is 1. The SMILES string of the molecule is CN1CCCCCC1=Nc1ccccc1C#N.O=C(O)C(=O)O. The Kier molecular flexibility index (Phi) is 7.27. The first-order valence-corrected chi connectivity index (χ1v) is 7.19. The van der Waals surface area contributed by atoms with Crippen molar-refractivity contribution in [3.8, 4) is 6.07 Å². The summed E-state index contributed by atoms with van der Waals surface area (Å²) in [5.74, 6) is -2.55. The third-order valence-electron chi connectivity index (χ3n) is 3.29. The van der Waals surface area contributed by atoms with Gasteiger partial charge in [0.15, 0.2) is 0 Å². The fourth-order valence-corrected chi connectivity index (χ4v) is 2.07. The molecule has 0 radical (unpaired) electrons. The molecular weight excluding hydrogens is 298 g/mol. The lowest BCUT2D eigenvalue weighted by atomic mass is 10.2. The quantitative estimate of drug-likeness (QED) is 0.768. The molecule has 1 saturated heterocycles. The van der Waals surface area contributed by atoms with Gasteiger partial charge >= 0.3 is 11.9 Å². The lowest BCUT2D eigenvalue weighted by Gasteiger charge is -2.18. The second-order valence-corrected chi connectivity index (χ2v) is 5.00. The van der Waals surface area contributed by atoms with Gasteiger partial charge in [0.25, 0.3) is 0 Å². The van der Waals surface area contributed by atoms with Crippen LogP contribution in [0.2, 0.25) is 0 Å². The number of aliphatic carboxylic acids is 2. The Labute approximate surface area is 134 Å². The van der Waals surface area contributed by atoms with Gasteiger partial charge in [0.1, 0.15) is 11.9 Å². The molecule has 1 aromatic rings. The van der Waals surface area contributed by atoms with Crippen LogP contribution >= 0.6 is 0 Å². The van der Waals surface area contributed by atoms with Gasteiger partial charge < -0.3 is 15.1 Å². The fraction of sp³-hybridized carbons (Fsp3) is 0.375. The fourth-order valence-electron chi connectivity index (χ4n) is 2.07. The number of hydrogen-bond acceptors (Lipinski definition) is 4. The molecular formula is C16H19N3O4. The molecule has 0 unspecified atom stereocenters. The van der Waals surface area contributed by atoms with Crippen molar-refractivity contribution in [2.45, 2.75) is 25.7 Å². The molecule has 0 spiro atoms. The first-order chi connectivity index (χ1) is 11.0. The van der Waals surface area contributed by atoms with Crippen LogP contribution < -0.4 is 0 Å². The Bertz CT molecular complexity index is 622. The number of nitriles is 1. The number of carbonyl (C=O) groups is 2. The number of hydrogen-bond donors (Lipinski definition) is 2. The zero-order valence-corrected chi connectivity index (χ0v) is 12.9. The highest BCUT2D eigenvalue weighted by molar-refractivity contribution is 6.27. The Balaban J connectivity index is 0.000000379. The zero-order chi connectivity index (χ0) is 17.2. The van der Waals surface area contributed by atoms with Crippen LogP contribution in [0.5, 0.6) is 0 Å². The minimum atomic E-state index is -1.82. The van der Waals surface area contributed by atoms with E-state index in [2.05, 4.69) is 23.0 Å². The molecule has 0 bridgehead atoms. The maximum atomic E-state index is 9.10. The van der Waals surface area contributed by atoms with Gasteiger partial charge in [-0.1, -0.05) is 18.6 Å². The van der Waals surface area contributed by atoms with E-state index in [1.807, 2.05) is 24.3 Å². The Morgan fingerprint density at radius 3 is 2.43 bits per heavy atom. The van der Waals surface area contributed by atoms with E-state index in [1.54, 1.807) is 0 Å². The number of rotatable bonds is 1. The van der Waals surface area contributed by atoms with Crippen molar-refractivity contribution in [2.24, 2.45) is 4.99 Å². The molecule has 1 heterocycles. The van der Waals surface area contributed by atoms with Crippen molar-refractivity contribution in [3.05, 3.63) is 29.8 Å². The molecule has 2 N–H and O–H groups in total. The molecule has 1 aliphatic heterocycles.